The summed E-state index contributed by atoms with van der Waals surface area (Å²) >= 11 is 0. The highest BCUT2D eigenvalue weighted by Gasteiger charge is 2.26. The van der Waals surface area contributed by atoms with E-state index in [9.17, 15) is 14.4 Å². The zero-order valence-corrected chi connectivity index (χ0v) is 17.0. The molecule has 1 N–H and O–H groups in total. The van der Waals surface area contributed by atoms with Crippen LogP contribution in [0, 0.1) is 0 Å². The van der Waals surface area contributed by atoms with Gasteiger partial charge in [0.2, 0.25) is 11.8 Å². The lowest BCUT2D eigenvalue weighted by molar-refractivity contribution is -0.141. The van der Waals surface area contributed by atoms with Crippen LogP contribution in [0.1, 0.15) is 23.7 Å². The Morgan fingerprint density at radius 2 is 1.52 bits per heavy atom. The Bertz CT molecular complexity index is 698. The van der Waals surface area contributed by atoms with Gasteiger partial charge in [-0.05, 0) is 19.1 Å². The number of hydrogen-bond donors (Lipinski definition) is 1. The molecule has 3 rings (SSSR count). The molecular weight excluding hydrogens is 372 g/mol. The van der Waals surface area contributed by atoms with Gasteiger partial charge in [-0.3, -0.25) is 19.3 Å². The van der Waals surface area contributed by atoms with E-state index in [2.05, 4.69) is 10.2 Å². The van der Waals surface area contributed by atoms with E-state index in [-0.39, 0.29) is 30.2 Å². The number of hydrogen-bond acceptors (Lipinski definition) is 5. The van der Waals surface area contributed by atoms with Crippen LogP contribution in [0.3, 0.4) is 0 Å². The van der Waals surface area contributed by atoms with Crippen molar-refractivity contribution in [3.05, 3.63) is 35.9 Å². The number of benzene rings is 1. The molecule has 29 heavy (non-hydrogen) atoms. The van der Waals surface area contributed by atoms with Gasteiger partial charge in [0, 0.05) is 57.3 Å². The van der Waals surface area contributed by atoms with Crippen LogP contribution in [0.4, 0.5) is 0 Å². The lowest BCUT2D eigenvalue weighted by Gasteiger charge is -2.36. The third-order valence-corrected chi connectivity index (χ3v) is 5.34. The van der Waals surface area contributed by atoms with E-state index >= 15 is 0 Å². The molecule has 3 amide bonds. The van der Waals surface area contributed by atoms with Gasteiger partial charge in [-0.2, -0.15) is 0 Å². The first-order valence-electron chi connectivity index (χ1n) is 10.2. The lowest BCUT2D eigenvalue weighted by Crippen LogP contribution is -2.54. The van der Waals surface area contributed by atoms with E-state index in [0.717, 1.165) is 13.1 Å². The fraction of sp³-hybridized carbons (Fsp3) is 0.571. The summed E-state index contributed by atoms with van der Waals surface area (Å²) in [6, 6.07) is 8.72. The molecule has 0 aromatic heterocycles. The maximum Gasteiger partial charge on any atom is 0.251 e. The highest BCUT2D eigenvalue weighted by molar-refractivity contribution is 5.94. The van der Waals surface area contributed by atoms with Gasteiger partial charge < -0.3 is 19.9 Å². The molecule has 2 aliphatic heterocycles. The Morgan fingerprint density at radius 3 is 2.14 bits per heavy atom. The van der Waals surface area contributed by atoms with Crippen molar-refractivity contribution >= 4 is 17.7 Å². The molecule has 2 saturated heterocycles. The molecule has 1 atom stereocenters. The molecule has 1 unspecified atom stereocenters. The highest BCUT2D eigenvalue weighted by atomic mass is 16.5. The van der Waals surface area contributed by atoms with E-state index in [1.165, 1.54) is 0 Å². The van der Waals surface area contributed by atoms with E-state index in [1.54, 1.807) is 17.0 Å². The summed E-state index contributed by atoms with van der Waals surface area (Å²) in [6.07, 6.45) is 0.250. The Labute approximate surface area is 171 Å². The predicted molar refractivity (Wildman–Crippen MR) is 108 cm³/mol. The number of amides is 3. The number of rotatable bonds is 6. The molecule has 0 aliphatic carbocycles. The first kappa shape index (κ1) is 21.3. The number of piperazine rings is 1. The maximum atomic E-state index is 12.6. The van der Waals surface area contributed by atoms with Gasteiger partial charge in [0.05, 0.1) is 19.8 Å². The van der Waals surface area contributed by atoms with E-state index in [4.69, 9.17) is 4.74 Å². The van der Waals surface area contributed by atoms with Crippen molar-refractivity contribution in [1.29, 1.82) is 0 Å². The van der Waals surface area contributed by atoms with E-state index < -0.39 is 0 Å². The smallest absolute Gasteiger partial charge is 0.251 e. The molecule has 8 nitrogen and oxygen atoms in total. The second-order valence-corrected chi connectivity index (χ2v) is 7.59. The Balaban J connectivity index is 1.39. The van der Waals surface area contributed by atoms with Gasteiger partial charge in [0.15, 0.2) is 0 Å². The van der Waals surface area contributed by atoms with Crippen molar-refractivity contribution in [3.63, 3.8) is 0 Å². The summed E-state index contributed by atoms with van der Waals surface area (Å²) in [6.45, 7) is 7.36. The number of morpholine rings is 1. The van der Waals surface area contributed by atoms with Crippen molar-refractivity contribution in [1.82, 2.24) is 20.0 Å². The summed E-state index contributed by atoms with van der Waals surface area (Å²) in [4.78, 5) is 43.0. The van der Waals surface area contributed by atoms with Gasteiger partial charge in [-0.25, -0.2) is 0 Å². The normalized spacial score (nSPS) is 18.9. The van der Waals surface area contributed by atoms with Crippen LogP contribution >= 0.6 is 0 Å². The third-order valence-electron chi connectivity index (χ3n) is 5.34. The average molecular weight is 402 g/mol. The molecule has 8 heteroatoms. The van der Waals surface area contributed by atoms with Crippen molar-refractivity contribution < 1.29 is 19.1 Å². The van der Waals surface area contributed by atoms with Gasteiger partial charge >= 0.3 is 0 Å². The van der Waals surface area contributed by atoms with Gasteiger partial charge in [0.25, 0.3) is 5.91 Å². The van der Waals surface area contributed by atoms with Gasteiger partial charge in [0.1, 0.15) is 0 Å². The summed E-state index contributed by atoms with van der Waals surface area (Å²) in [5, 5.41) is 2.87. The summed E-state index contributed by atoms with van der Waals surface area (Å²) in [5.41, 5.74) is 0.583. The Morgan fingerprint density at radius 1 is 0.931 bits per heavy atom. The molecule has 1 aromatic carbocycles. The van der Waals surface area contributed by atoms with Gasteiger partial charge in [-0.15, -0.1) is 0 Å². The number of ether oxygens (including phenoxy) is 1. The molecule has 0 bridgehead atoms. The third kappa shape index (κ3) is 6.27. The molecular formula is C21H30N4O4. The van der Waals surface area contributed by atoms with Crippen molar-refractivity contribution in [2.24, 2.45) is 0 Å². The minimum Gasteiger partial charge on any atom is -0.379 e. The minimum atomic E-state index is -0.254. The van der Waals surface area contributed by atoms with Crippen molar-refractivity contribution in [2.75, 3.05) is 59.0 Å². The Kier molecular flexibility index (Phi) is 7.60. The standard InChI is InChI=1S/C21H30N4O4/c1-17(22-21(28)18-5-3-2-4-6-18)15-19(26)24-7-9-25(10-8-24)20(27)16-23-11-13-29-14-12-23/h2-6,17H,7-16H2,1H3,(H,22,28). The summed E-state index contributed by atoms with van der Waals surface area (Å²) in [5.74, 6) is -0.0574. The molecule has 158 valence electrons. The maximum absolute atomic E-state index is 12.6. The van der Waals surface area contributed by atoms with E-state index in [1.807, 2.05) is 30.0 Å². The molecule has 0 spiro atoms. The Hall–Kier alpha value is -2.45. The number of nitrogens with zero attached hydrogens (tertiary/aromatic N) is 3. The molecule has 1 aromatic rings. The molecule has 2 fully saturated rings. The zero-order chi connectivity index (χ0) is 20.6. The van der Waals surface area contributed by atoms with Crippen LogP contribution in [0.25, 0.3) is 0 Å². The van der Waals surface area contributed by atoms with Crippen LogP contribution in [0.15, 0.2) is 30.3 Å². The summed E-state index contributed by atoms with van der Waals surface area (Å²) in [7, 11) is 0. The highest BCUT2D eigenvalue weighted by Crippen LogP contribution is 2.08. The van der Waals surface area contributed by atoms with Crippen molar-refractivity contribution in [3.8, 4) is 0 Å². The second-order valence-electron chi connectivity index (χ2n) is 7.59. The van der Waals surface area contributed by atoms with Crippen LogP contribution < -0.4 is 5.32 Å². The average Bonchev–Trinajstić information content (AvgIpc) is 2.75. The fourth-order valence-electron chi connectivity index (χ4n) is 3.59. The molecule has 2 aliphatic rings. The van der Waals surface area contributed by atoms with Crippen LogP contribution in [0.5, 0.6) is 0 Å². The first-order chi connectivity index (χ1) is 14.0. The largest absolute Gasteiger partial charge is 0.379 e. The van der Waals surface area contributed by atoms with Crippen molar-refractivity contribution in [2.45, 2.75) is 19.4 Å². The second kappa shape index (κ2) is 10.4. The van der Waals surface area contributed by atoms with E-state index in [0.29, 0.717) is 51.5 Å². The zero-order valence-electron chi connectivity index (χ0n) is 17.0. The molecule has 0 radical (unpaired) electrons. The monoisotopic (exact) mass is 402 g/mol. The van der Waals surface area contributed by atoms with Gasteiger partial charge in [-0.1, -0.05) is 18.2 Å². The molecule has 2 heterocycles. The first-order valence-corrected chi connectivity index (χ1v) is 10.2. The molecule has 0 saturated carbocycles. The topological polar surface area (TPSA) is 82.2 Å². The SMILES string of the molecule is CC(CC(=O)N1CCN(C(=O)CN2CCOCC2)CC1)NC(=O)c1ccccc1. The quantitative estimate of drug-likeness (QED) is 0.735. The number of carbonyl (C=O) groups excluding carboxylic acids is 3. The number of carbonyl (C=O) groups is 3. The predicted octanol–water partition coefficient (Wildman–Crippen LogP) is 0.198. The summed E-state index contributed by atoms with van der Waals surface area (Å²) < 4.78 is 5.31. The fourth-order valence-corrected chi connectivity index (χ4v) is 3.59. The van der Waals surface area contributed by atoms with Crippen LogP contribution in [-0.4, -0.2) is 97.5 Å². The van der Waals surface area contributed by atoms with Crippen LogP contribution in [0.2, 0.25) is 0 Å². The van der Waals surface area contributed by atoms with Crippen LogP contribution in [-0.2, 0) is 14.3 Å². The minimum absolute atomic E-state index is 0.00569. The lowest BCUT2D eigenvalue weighted by atomic mass is 10.1. The number of nitrogens with one attached hydrogen (secondary N) is 1.